The number of carbonyl (C=O) groups excluding carboxylic acids is 2. The number of aliphatic hydroxyl groups is 1. The third-order valence-corrected chi connectivity index (χ3v) is 5.50. The second-order valence-corrected chi connectivity index (χ2v) is 7.60. The number of furan rings is 1. The second-order valence-electron chi connectivity index (χ2n) is 7.60. The van der Waals surface area contributed by atoms with Gasteiger partial charge in [-0.05, 0) is 55.0 Å². The van der Waals surface area contributed by atoms with Gasteiger partial charge in [-0.1, -0.05) is 6.92 Å². The van der Waals surface area contributed by atoms with Crippen LogP contribution >= 0.6 is 0 Å². The van der Waals surface area contributed by atoms with Gasteiger partial charge < -0.3 is 23.7 Å². The molecular formula is C26H25NO7. The van der Waals surface area contributed by atoms with Gasteiger partial charge in [0.15, 0.2) is 11.5 Å². The van der Waals surface area contributed by atoms with Gasteiger partial charge in [-0.3, -0.25) is 14.5 Å². The van der Waals surface area contributed by atoms with Crippen molar-refractivity contribution < 1.29 is 33.3 Å². The highest BCUT2D eigenvalue weighted by molar-refractivity contribution is 6.51. The molecule has 1 aliphatic rings. The lowest BCUT2D eigenvalue weighted by atomic mass is 9.99. The Morgan fingerprint density at radius 2 is 1.76 bits per heavy atom. The van der Waals surface area contributed by atoms with Crippen molar-refractivity contribution in [2.45, 2.75) is 19.4 Å². The lowest BCUT2D eigenvalue weighted by Gasteiger charge is -2.24. The van der Waals surface area contributed by atoms with Crippen molar-refractivity contribution in [3.63, 3.8) is 0 Å². The highest BCUT2D eigenvalue weighted by Crippen LogP contribution is 2.44. The van der Waals surface area contributed by atoms with E-state index in [1.807, 2.05) is 6.92 Å². The third-order valence-electron chi connectivity index (χ3n) is 5.50. The van der Waals surface area contributed by atoms with Gasteiger partial charge in [-0.25, -0.2) is 0 Å². The predicted octanol–water partition coefficient (Wildman–Crippen LogP) is 4.71. The van der Waals surface area contributed by atoms with Crippen LogP contribution in [0.25, 0.3) is 5.76 Å². The molecule has 1 fully saturated rings. The van der Waals surface area contributed by atoms with E-state index in [2.05, 4.69) is 0 Å². The number of rotatable bonds is 8. The van der Waals surface area contributed by atoms with Crippen LogP contribution in [0, 0.1) is 0 Å². The maximum Gasteiger partial charge on any atom is 0.300 e. The summed E-state index contributed by atoms with van der Waals surface area (Å²) in [6.07, 6.45) is 2.31. The van der Waals surface area contributed by atoms with E-state index >= 15 is 0 Å². The number of anilines is 1. The monoisotopic (exact) mass is 463 g/mol. The standard InChI is InChI=1S/C26H25NO7/c1-4-13-33-18-10-7-16(8-11-18)24(28)22-23(20-6-5-14-34-20)27(26(30)25(22)29)17-9-12-19(31-2)21(15-17)32-3/h5-12,14-15,23,28H,4,13H2,1-3H3/b24-22-. The minimum atomic E-state index is -0.968. The number of Topliss-reactive ketones (excluding diaryl/α,β-unsaturated/α-hetero) is 1. The number of ether oxygens (including phenoxy) is 3. The first-order valence-corrected chi connectivity index (χ1v) is 10.8. The predicted molar refractivity (Wildman–Crippen MR) is 125 cm³/mol. The van der Waals surface area contributed by atoms with Crippen LogP contribution in [0.4, 0.5) is 5.69 Å². The van der Waals surface area contributed by atoms with Crippen molar-refractivity contribution in [2.24, 2.45) is 0 Å². The molecule has 0 saturated carbocycles. The van der Waals surface area contributed by atoms with E-state index < -0.39 is 17.7 Å². The van der Waals surface area contributed by atoms with Crippen LogP contribution in [0.2, 0.25) is 0 Å². The van der Waals surface area contributed by atoms with Crippen molar-refractivity contribution in [1.82, 2.24) is 0 Å². The fourth-order valence-corrected chi connectivity index (χ4v) is 3.87. The molecule has 1 unspecified atom stereocenters. The number of methoxy groups -OCH3 is 2. The molecule has 4 rings (SSSR count). The zero-order chi connectivity index (χ0) is 24.2. The number of nitrogens with zero attached hydrogens (tertiary/aromatic N) is 1. The summed E-state index contributed by atoms with van der Waals surface area (Å²) in [5.41, 5.74) is 0.700. The Labute approximate surface area is 197 Å². The topological polar surface area (TPSA) is 98.4 Å². The van der Waals surface area contributed by atoms with Gasteiger partial charge in [0.25, 0.3) is 11.7 Å². The molecule has 2 heterocycles. The first kappa shape index (κ1) is 23.0. The Morgan fingerprint density at radius 3 is 2.38 bits per heavy atom. The molecule has 1 aromatic heterocycles. The second kappa shape index (κ2) is 9.74. The normalized spacial score (nSPS) is 17.1. The zero-order valence-electron chi connectivity index (χ0n) is 19.1. The number of aliphatic hydroxyl groups excluding tert-OH is 1. The van der Waals surface area contributed by atoms with E-state index in [-0.39, 0.29) is 11.3 Å². The van der Waals surface area contributed by atoms with Crippen LogP contribution in [0.5, 0.6) is 17.2 Å². The van der Waals surface area contributed by atoms with Gasteiger partial charge >= 0.3 is 0 Å². The lowest BCUT2D eigenvalue weighted by Crippen LogP contribution is -2.29. The van der Waals surface area contributed by atoms with Gasteiger partial charge in [-0.15, -0.1) is 0 Å². The van der Waals surface area contributed by atoms with E-state index in [0.29, 0.717) is 40.9 Å². The van der Waals surface area contributed by atoms with Crippen molar-refractivity contribution in [1.29, 1.82) is 0 Å². The Balaban J connectivity index is 1.82. The van der Waals surface area contributed by atoms with Gasteiger partial charge in [0.05, 0.1) is 32.7 Å². The molecule has 0 bridgehead atoms. The molecular weight excluding hydrogens is 438 g/mol. The summed E-state index contributed by atoms with van der Waals surface area (Å²) in [7, 11) is 2.98. The molecule has 176 valence electrons. The zero-order valence-corrected chi connectivity index (χ0v) is 19.1. The van der Waals surface area contributed by atoms with Crippen LogP contribution in [0.15, 0.2) is 70.9 Å². The average Bonchev–Trinajstić information content (AvgIpc) is 3.49. The lowest BCUT2D eigenvalue weighted by molar-refractivity contribution is -0.132. The molecule has 0 radical (unpaired) electrons. The molecule has 1 saturated heterocycles. The molecule has 1 N–H and O–H groups in total. The van der Waals surface area contributed by atoms with E-state index in [1.165, 1.54) is 25.4 Å². The summed E-state index contributed by atoms with van der Waals surface area (Å²) in [6, 6.07) is 13.9. The number of benzene rings is 2. The number of amides is 1. The molecule has 8 nitrogen and oxygen atoms in total. The molecule has 2 aromatic carbocycles. The van der Waals surface area contributed by atoms with Gasteiger partial charge in [0.1, 0.15) is 23.3 Å². The summed E-state index contributed by atoms with van der Waals surface area (Å²) < 4.78 is 21.8. The van der Waals surface area contributed by atoms with E-state index in [1.54, 1.807) is 54.6 Å². The molecule has 3 aromatic rings. The SMILES string of the molecule is CCCOc1ccc(/C(O)=C2/C(=O)C(=O)N(c3ccc(OC)c(OC)c3)C2c2ccco2)cc1. The number of carbonyl (C=O) groups is 2. The quantitative estimate of drug-likeness (QED) is 0.293. The third kappa shape index (κ3) is 4.10. The number of ketones is 1. The van der Waals surface area contributed by atoms with E-state index in [9.17, 15) is 14.7 Å². The molecule has 1 aliphatic heterocycles. The molecule has 0 aliphatic carbocycles. The smallest absolute Gasteiger partial charge is 0.300 e. The summed E-state index contributed by atoms with van der Waals surface area (Å²) in [4.78, 5) is 27.6. The van der Waals surface area contributed by atoms with Crippen molar-refractivity contribution >= 4 is 23.1 Å². The highest BCUT2D eigenvalue weighted by Gasteiger charge is 2.48. The Kier molecular flexibility index (Phi) is 6.58. The summed E-state index contributed by atoms with van der Waals surface area (Å²) in [5, 5.41) is 11.1. The summed E-state index contributed by atoms with van der Waals surface area (Å²) >= 11 is 0. The fraction of sp³-hybridized carbons (Fsp3) is 0.231. The molecule has 8 heteroatoms. The average molecular weight is 463 g/mol. The van der Waals surface area contributed by atoms with Crippen LogP contribution < -0.4 is 19.1 Å². The maximum absolute atomic E-state index is 13.2. The minimum absolute atomic E-state index is 0.0723. The van der Waals surface area contributed by atoms with Gasteiger partial charge in [0.2, 0.25) is 0 Å². The first-order valence-electron chi connectivity index (χ1n) is 10.8. The van der Waals surface area contributed by atoms with E-state index in [4.69, 9.17) is 18.6 Å². The molecule has 1 atom stereocenters. The van der Waals surface area contributed by atoms with Crippen LogP contribution in [0.1, 0.15) is 30.7 Å². The number of hydrogen-bond donors (Lipinski definition) is 1. The van der Waals surface area contributed by atoms with Crippen LogP contribution in [-0.4, -0.2) is 37.6 Å². The summed E-state index contributed by atoms with van der Waals surface area (Å²) in [6.45, 7) is 2.58. The Morgan fingerprint density at radius 1 is 1.03 bits per heavy atom. The van der Waals surface area contributed by atoms with Crippen molar-refractivity contribution in [3.8, 4) is 17.2 Å². The Hall–Kier alpha value is -4.20. The van der Waals surface area contributed by atoms with Crippen molar-refractivity contribution in [2.75, 3.05) is 25.7 Å². The van der Waals surface area contributed by atoms with Crippen molar-refractivity contribution in [3.05, 3.63) is 77.8 Å². The van der Waals surface area contributed by atoms with Crippen LogP contribution in [0.3, 0.4) is 0 Å². The van der Waals surface area contributed by atoms with Crippen LogP contribution in [-0.2, 0) is 9.59 Å². The number of hydrogen-bond acceptors (Lipinski definition) is 7. The largest absolute Gasteiger partial charge is 0.507 e. The fourth-order valence-electron chi connectivity index (χ4n) is 3.87. The molecule has 34 heavy (non-hydrogen) atoms. The maximum atomic E-state index is 13.2. The first-order chi connectivity index (χ1) is 16.5. The molecule has 0 spiro atoms. The Bertz CT molecular complexity index is 1210. The highest BCUT2D eigenvalue weighted by atomic mass is 16.5. The van der Waals surface area contributed by atoms with Gasteiger partial charge in [-0.2, -0.15) is 0 Å². The summed E-state index contributed by atoms with van der Waals surface area (Å²) in [5.74, 6) is -0.0708. The van der Waals surface area contributed by atoms with Gasteiger partial charge in [0, 0.05) is 17.3 Å². The minimum Gasteiger partial charge on any atom is -0.507 e. The van der Waals surface area contributed by atoms with E-state index in [0.717, 1.165) is 6.42 Å². The molecule has 1 amide bonds.